The number of imide groups is 2. The quantitative estimate of drug-likeness (QED) is 0.251. The van der Waals surface area contributed by atoms with E-state index < -0.39 is 35.6 Å². The fraction of sp³-hybridized carbons (Fsp3) is 0.533. The van der Waals surface area contributed by atoms with E-state index in [9.17, 15) is 28.8 Å². The highest BCUT2D eigenvalue weighted by atomic mass is 16.2. The second-order valence-electron chi connectivity index (χ2n) is 18.5. The van der Waals surface area contributed by atoms with Crippen LogP contribution in [0, 0.1) is 5.92 Å². The van der Waals surface area contributed by atoms with Gasteiger partial charge in [0.2, 0.25) is 17.8 Å². The number of nitrogens with two attached hydrogens (primary N) is 1. The number of nitrogens with one attached hydrogen (secondary N) is 2. The summed E-state index contributed by atoms with van der Waals surface area (Å²) in [7, 11) is 1.91. The minimum atomic E-state index is -0.974. The summed E-state index contributed by atoms with van der Waals surface area (Å²) >= 11 is 0. The average Bonchev–Trinajstić information content (AvgIpc) is 3.99. The standard InChI is InChI=1S/C45H54N12O6/c1-52-44(63)56(26-45(52)16-17-45)32-3-2-18-55(25-32)43-49-39(37(38(46)59)50-51-43)47-30-6-4-28(5-7-30)29-14-19-53(20-15-29)24-27-12-21-54(22-13-27)31-8-9-33-34(23-31)42(62)57(41(33)61)35-10-11-36(58)48-40(35)60/h4-9,23,27,29,32,35H,2-3,10-22,24-26H2,1H3,(H2,46,59)(H,47,49,51)(H,48,58,60). The predicted octanol–water partition coefficient (Wildman–Crippen LogP) is 3.08. The van der Waals surface area contributed by atoms with Crippen LogP contribution in [0.5, 0.6) is 0 Å². The lowest BCUT2D eigenvalue weighted by atomic mass is 9.88. The number of hydrogen-bond acceptors (Lipinski definition) is 13. The molecule has 330 valence electrons. The van der Waals surface area contributed by atoms with Crippen LogP contribution in [0.1, 0.15) is 107 Å². The first-order valence-corrected chi connectivity index (χ1v) is 22.5. The van der Waals surface area contributed by atoms with Crippen LogP contribution in [-0.2, 0) is 9.59 Å². The molecule has 7 amide bonds. The zero-order valence-corrected chi connectivity index (χ0v) is 35.6. The van der Waals surface area contributed by atoms with E-state index in [-0.39, 0.29) is 42.0 Å². The molecule has 3 aromatic rings. The molecule has 6 fully saturated rings. The van der Waals surface area contributed by atoms with Crippen molar-refractivity contribution < 1.29 is 28.8 Å². The number of carbonyl (C=O) groups excluding carboxylic acids is 6. The molecule has 1 aliphatic carbocycles. The topological polar surface area (TPSA) is 211 Å². The fourth-order valence-electron chi connectivity index (χ4n) is 10.7. The van der Waals surface area contributed by atoms with Crippen LogP contribution in [0.2, 0.25) is 0 Å². The van der Waals surface area contributed by atoms with Gasteiger partial charge in [-0.3, -0.25) is 34.2 Å². The van der Waals surface area contributed by atoms with Crippen LogP contribution in [0.25, 0.3) is 0 Å². The Kier molecular flexibility index (Phi) is 10.5. The zero-order valence-electron chi connectivity index (χ0n) is 35.6. The van der Waals surface area contributed by atoms with E-state index in [1.54, 1.807) is 12.1 Å². The molecule has 0 bridgehead atoms. The second-order valence-corrected chi connectivity index (χ2v) is 18.5. The number of piperidine rings is 4. The molecule has 7 aliphatic rings. The number of rotatable bonds is 10. The summed E-state index contributed by atoms with van der Waals surface area (Å²) in [6, 6.07) is 12.8. The number of anilines is 4. The summed E-state index contributed by atoms with van der Waals surface area (Å²) in [6.45, 7) is 6.88. The van der Waals surface area contributed by atoms with Gasteiger partial charge in [-0.2, -0.15) is 4.98 Å². The van der Waals surface area contributed by atoms with Gasteiger partial charge in [0.15, 0.2) is 11.5 Å². The Morgan fingerprint density at radius 3 is 2.30 bits per heavy atom. The first-order chi connectivity index (χ1) is 30.4. The Hall–Kier alpha value is -6.17. The summed E-state index contributed by atoms with van der Waals surface area (Å²) in [6.07, 6.45) is 8.32. The van der Waals surface area contributed by atoms with Crippen molar-refractivity contribution in [1.82, 2.24) is 40.1 Å². The fourth-order valence-corrected chi connectivity index (χ4v) is 10.7. The lowest BCUT2D eigenvalue weighted by Crippen LogP contribution is -2.54. The molecule has 5 saturated heterocycles. The molecule has 1 saturated carbocycles. The molecule has 7 heterocycles. The molecular formula is C45H54N12O6. The molecule has 1 aromatic heterocycles. The third kappa shape index (κ3) is 7.71. The number of hydrogen-bond donors (Lipinski definition) is 3. The van der Waals surface area contributed by atoms with E-state index in [0.29, 0.717) is 35.5 Å². The molecule has 0 radical (unpaired) electrons. The zero-order chi connectivity index (χ0) is 43.6. The molecule has 2 atom stereocenters. The first-order valence-electron chi connectivity index (χ1n) is 22.5. The Labute approximate surface area is 365 Å². The molecular weight excluding hydrogens is 805 g/mol. The number of carbonyl (C=O) groups is 6. The lowest BCUT2D eigenvalue weighted by Gasteiger charge is -2.38. The van der Waals surface area contributed by atoms with Crippen LogP contribution in [0.4, 0.5) is 27.9 Å². The molecule has 4 N–H and O–H groups in total. The largest absolute Gasteiger partial charge is 0.371 e. The summed E-state index contributed by atoms with van der Waals surface area (Å²) in [5.74, 6) is -1.02. The number of amides is 7. The maximum atomic E-state index is 13.4. The van der Waals surface area contributed by atoms with Crippen molar-refractivity contribution >= 4 is 58.7 Å². The number of urea groups is 1. The molecule has 6 aliphatic heterocycles. The molecule has 10 rings (SSSR count). The van der Waals surface area contributed by atoms with Gasteiger partial charge in [-0.05, 0) is 119 Å². The number of aromatic nitrogens is 3. The highest BCUT2D eigenvalue weighted by Gasteiger charge is 2.57. The van der Waals surface area contributed by atoms with Gasteiger partial charge in [-0.15, -0.1) is 10.2 Å². The molecule has 63 heavy (non-hydrogen) atoms. The number of benzene rings is 2. The van der Waals surface area contributed by atoms with Crippen LogP contribution in [0.3, 0.4) is 0 Å². The van der Waals surface area contributed by atoms with Crippen molar-refractivity contribution in [3.05, 3.63) is 64.8 Å². The van der Waals surface area contributed by atoms with Crippen LogP contribution in [-0.4, -0.2) is 147 Å². The maximum Gasteiger partial charge on any atom is 0.320 e. The Morgan fingerprint density at radius 1 is 0.857 bits per heavy atom. The highest BCUT2D eigenvalue weighted by molar-refractivity contribution is 6.23. The van der Waals surface area contributed by atoms with Crippen molar-refractivity contribution in [3.8, 4) is 0 Å². The van der Waals surface area contributed by atoms with Crippen LogP contribution in [0.15, 0.2) is 42.5 Å². The minimum Gasteiger partial charge on any atom is -0.371 e. The number of primary amides is 1. The van der Waals surface area contributed by atoms with Crippen molar-refractivity contribution in [2.24, 2.45) is 11.7 Å². The number of fused-ring (bicyclic) bond motifs is 1. The summed E-state index contributed by atoms with van der Waals surface area (Å²) < 4.78 is 0. The SMILES string of the molecule is CN1C(=O)N(C2CCCN(c3nnc(C(N)=O)c(Nc4ccc(C5CCN(CC6CCN(c7ccc8c(c7)C(=O)N(C7CCC(=O)NC7=O)C8=O)CC6)CC5)cc4)n3)C2)CC12CC2. The number of likely N-dealkylation sites (tertiary alicyclic amines) is 1. The van der Waals surface area contributed by atoms with Gasteiger partial charge in [0.05, 0.1) is 22.7 Å². The predicted molar refractivity (Wildman–Crippen MR) is 232 cm³/mol. The summed E-state index contributed by atoms with van der Waals surface area (Å²) in [4.78, 5) is 92.8. The van der Waals surface area contributed by atoms with Gasteiger partial charge >= 0.3 is 6.03 Å². The minimum absolute atomic E-state index is 0.00406. The van der Waals surface area contributed by atoms with Crippen molar-refractivity contribution in [2.75, 3.05) is 74.5 Å². The van der Waals surface area contributed by atoms with E-state index >= 15 is 0 Å². The van der Waals surface area contributed by atoms with Gasteiger partial charge in [-0.25, -0.2) is 4.79 Å². The van der Waals surface area contributed by atoms with Crippen molar-refractivity contribution in [2.45, 2.75) is 87.7 Å². The lowest BCUT2D eigenvalue weighted by molar-refractivity contribution is -0.136. The van der Waals surface area contributed by atoms with Crippen LogP contribution < -0.4 is 26.2 Å². The van der Waals surface area contributed by atoms with Crippen molar-refractivity contribution in [1.29, 1.82) is 0 Å². The molecule has 2 unspecified atom stereocenters. The summed E-state index contributed by atoms with van der Waals surface area (Å²) in [5.41, 5.74) is 9.23. The Balaban J connectivity index is 0.704. The Morgan fingerprint density at radius 2 is 1.60 bits per heavy atom. The number of likely N-dealkylation sites (N-methyl/N-ethyl adjacent to an activating group) is 1. The smallest absolute Gasteiger partial charge is 0.320 e. The summed E-state index contributed by atoms with van der Waals surface area (Å²) in [5, 5.41) is 14.0. The third-order valence-electron chi connectivity index (χ3n) is 14.7. The van der Waals surface area contributed by atoms with Gasteiger partial charge in [0.25, 0.3) is 17.7 Å². The van der Waals surface area contributed by atoms with E-state index in [1.807, 2.05) is 39.9 Å². The highest BCUT2D eigenvalue weighted by Crippen LogP contribution is 2.47. The molecule has 18 nitrogen and oxygen atoms in total. The normalized spacial score (nSPS) is 24.4. The van der Waals surface area contributed by atoms with Gasteiger partial charge < -0.3 is 35.6 Å². The Bertz CT molecular complexity index is 2360. The van der Waals surface area contributed by atoms with E-state index in [4.69, 9.17) is 10.7 Å². The molecule has 1 spiro atoms. The average molecular weight is 859 g/mol. The van der Waals surface area contributed by atoms with E-state index in [2.05, 4.69) is 42.8 Å². The monoisotopic (exact) mass is 858 g/mol. The van der Waals surface area contributed by atoms with E-state index in [1.165, 1.54) is 5.56 Å². The second kappa shape index (κ2) is 16.2. The molecule has 18 heteroatoms. The third-order valence-corrected chi connectivity index (χ3v) is 14.7. The van der Waals surface area contributed by atoms with Crippen LogP contribution >= 0.6 is 0 Å². The maximum absolute atomic E-state index is 13.4. The number of nitrogens with zero attached hydrogens (tertiary/aromatic N) is 9. The van der Waals surface area contributed by atoms with E-state index in [0.717, 1.165) is 113 Å². The first kappa shape index (κ1) is 40.9. The van der Waals surface area contributed by atoms with Gasteiger partial charge in [0.1, 0.15) is 6.04 Å². The molecule has 2 aromatic carbocycles. The van der Waals surface area contributed by atoms with Gasteiger partial charge in [0, 0.05) is 64.1 Å². The van der Waals surface area contributed by atoms with Gasteiger partial charge in [-0.1, -0.05) is 12.1 Å². The van der Waals surface area contributed by atoms with Crippen molar-refractivity contribution in [3.63, 3.8) is 0 Å².